The van der Waals surface area contributed by atoms with Crippen molar-refractivity contribution >= 4 is 11.6 Å². The van der Waals surface area contributed by atoms with Crippen molar-refractivity contribution in [2.24, 2.45) is 0 Å². The summed E-state index contributed by atoms with van der Waals surface area (Å²) < 4.78 is 5.21. The van der Waals surface area contributed by atoms with E-state index in [-0.39, 0.29) is 5.91 Å². The molecule has 2 aromatic heterocycles. The summed E-state index contributed by atoms with van der Waals surface area (Å²) in [6, 6.07) is 5.44. The summed E-state index contributed by atoms with van der Waals surface area (Å²) in [6.45, 7) is 3.27. The maximum Gasteiger partial charge on any atom is 0.253 e. The van der Waals surface area contributed by atoms with E-state index in [1.54, 1.807) is 24.7 Å². The van der Waals surface area contributed by atoms with Crippen LogP contribution in [0.15, 0.2) is 41.3 Å². The third-order valence-electron chi connectivity index (χ3n) is 2.67. The van der Waals surface area contributed by atoms with E-state index in [4.69, 9.17) is 4.42 Å². The molecule has 0 unspecified atom stereocenters. The molecular formula is C14H17N3O2. The van der Waals surface area contributed by atoms with Gasteiger partial charge in [-0.1, -0.05) is 0 Å². The zero-order valence-electron chi connectivity index (χ0n) is 10.8. The van der Waals surface area contributed by atoms with E-state index in [0.29, 0.717) is 18.5 Å². The topological polar surface area (TPSA) is 67.2 Å². The van der Waals surface area contributed by atoms with Crippen LogP contribution < -0.4 is 10.6 Å². The standard InChI is InChI=1S/C14H17N3O2/c1-2-16-13-10-15-7-6-12(13)14(18)17-8-5-11-4-3-9-19-11/h3-4,6-7,9-10,16H,2,5,8H2,1H3,(H,17,18). The highest BCUT2D eigenvalue weighted by Crippen LogP contribution is 2.12. The molecule has 0 aliphatic heterocycles. The summed E-state index contributed by atoms with van der Waals surface area (Å²) in [5.74, 6) is 0.756. The molecule has 1 amide bonds. The Hall–Kier alpha value is -2.30. The van der Waals surface area contributed by atoms with Crippen LogP contribution in [-0.4, -0.2) is 24.0 Å². The molecule has 0 bridgehead atoms. The fourth-order valence-corrected chi connectivity index (χ4v) is 1.77. The van der Waals surface area contributed by atoms with Gasteiger partial charge in [0, 0.05) is 25.7 Å². The van der Waals surface area contributed by atoms with Gasteiger partial charge in [-0.15, -0.1) is 0 Å². The Morgan fingerprint density at radius 1 is 1.42 bits per heavy atom. The molecule has 2 N–H and O–H groups in total. The number of nitrogens with zero attached hydrogens (tertiary/aromatic N) is 1. The number of carbonyl (C=O) groups excluding carboxylic acids is 1. The van der Waals surface area contributed by atoms with Crippen LogP contribution in [0.25, 0.3) is 0 Å². The first-order chi connectivity index (χ1) is 9.31. The van der Waals surface area contributed by atoms with Gasteiger partial charge in [0.1, 0.15) is 5.76 Å². The number of hydrogen-bond donors (Lipinski definition) is 2. The number of pyridine rings is 1. The Bertz CT molecular complexity index is 523. The lowest BCUT2D eigenvalue weighted by atomic mass is 10.2. The fraction of sp³-hybridized carbons (Fsp3) is 0.286. The molecule has 0 radical (unpaired) electrons. The number of furan rings is 1. The van der Waals surface area contributed by atoms with Crippen LogP contribution in [0.3, 0.4) is 0 Å². The lowest BCUT2D eigenvalue weighted by Crippen LogP contribution is -2.26. The van der Waals surface area contributed by atoms with E-state index in [1.807, 2.05) is 19.1 Å². The molecule has 5 nitrogen and oxygen atoms in total. The molecule has 2 heterocycles. The van der Waals surface area contributed by atoms with Gasteiger partial charge in [0.25, 0.3) is 5.91 Å². The smallest absolute Gasteiger partial charge is 0.253 e. The van der Waals surface area contributed by atoms with E-state index in [2.05, 4.69) is 15.6 Å². The van der Waals surface area contributed by atoms with Gasteiger partial charge in [-0.05, 0) is 25.1 Å². The third kappa shape index (κ3) is 3.58. The molecule has 0 saturated carbocycles. The second kappa shape index (κ2) is 6.58. The van der Waals surface area contributed by atoms with Crippen LogP contribution in [0, 0.1) is 0 Å². The van der Waals surface area contributed by atoms with Crippen LogP contribution in [0.2, 0.25) is 0 Å². The second-order valence-electron chi connectivity index (χ2n) is 4.04. The van der Waals surface area contributed by atoms with Crippen molar-refractivity contribution in [3.8, 4) is 0 Å². The molecular weight excluding hydrogens is 242 g/mol. The van der Waals surface area contributed by atoms with Gasteiger partial charge >= 0.3 is 0 Å². The molecule has 5 heteroatoms. The molecule has 19 heavy (non-hydrogen) atoms. The van der Waals surface area contributed by atoms with Crippen molar-refractivity contribution in [2.75, 3.05) is 18.4 Å². The molecule has 100 valence electrons. The van der Waals surface area contributed by atoms with E-state index < -0.39 is 0 Å². The van der Waals surface area contributed by atoms with Crippen molar-refractivity contribution in [2.45, 2.75) is 13.3 Å². The highest BCUT2D eigenvalue weighted by atomic mass is 16.3. The first-order valence-electron chi connectivity index (χ1n) is 6.29. The largest absolute Gasteiger partial charge is 0.469 e. The fourth-order valence-electron chi connectivity index (χ4n) is 1.77. The molecule has 0 aromatic carbocycles. The molecule has 0 aliphatic carbocycles. The number of rotatable bonds is 6. The summed E-state index contributed by atoms with van der Waals surface area (Å²) in [5, 5.41) is 5.99. The second-order valence-corrected chi connectivity index (χ2v) is 4.04. The number of nitrogens with one attached hydrogen (secondary N) is 2. The Balaban J connectivity index is 1.92. The van der Waals surface area contributed by atoms with E-state index in [1.165, 1.54) is 0 Å². The van der Waals surface area contributed by atoms with Crippen LogP contribution in [0.5, 0.6) is 0 Å². The average molecular weight is 259 g/mol. The molecule has 2 rings (SSSR count). The van der Waals surface area contributed by atoms with Crippen molar-refractivity contribution in [1.82, 2.24) is 10.3 Å². The van der Waals surface area contributed by atoms with Gasteiger partial charge < -0.3 is 15.1 Å². The summed E-state index contributed by atoms with van der Waals surface area (Å²) in [5.41, 5.74) is 1.36. The lowest BCUT2D eigenvalue weighted by Gasteiger charge is -2.09. The zero-order chi connectivity index (χ0) is 13.5. The SMILES string of the molecule is CCNc1cnccc1C(=O)NCCc1ccco1. The number of anilines is 1. The average Bonchev–Trinajstić information content (AvgIpc) is 2.93. The number of amides is 1. The maximum absolute atomic E-state index is 12.1. The third-order valence-corrected chi connectivity index (χ3v) is 2.67. The van der Waals surface area contributed by atoms with Crippen molar-refractivity contribution in [3.05, 3.63) is 48.2 Å². The Morgan fingerprint density at radius 3 is 3.05 bits per heavy atom. The summed E-state index contributed by atoms with van der Waals surface area (Å²) in [4.78, 5) is 16.1. The Labute approximate surface area is 112 Å². The van der Waals surface area contributed by atoms with Crippen LogP contribution in [0.1, 0.15) is 23.0 Å². The van der Waals surface area contributed by atoms with E-state index in [9.17, 15) is 4.79 Å². The number of hydrogen-bond acceptors (Lipinski definition) is 4. The monoisotopic (exact) mass is 259 g/mol. The minimum Gasteiger partial charge on any atom is -0.469 e. The quantitative estimate of drug-likeness (QED) is 0.833. The Morgan fingerprint density at radius 2 is 2.32 bits per heavy atom. The molecule has 0 atom stereocenters. The van der Waals surface area contributed by atoms with Gasteiger partial charge in [-0.25, -0.2) is 0 Å². The summed E-state index contributed by atoms with van der Waals surface area (Å²) in [6.07, 6.45) is 5.58. The van der Waals surface area contributed by atoms with Crippen LogP contribution in [0.4, 0.5) is 5.69 Å². The van der Waals surface area contributed by atoms with Crippen LogP contribution >= 0.6 is 0 Å². The Kier molecular flexibility index (Phi) is 4.55. The lowest BCUT2D eigenvalue weighted by molar-refractivity contribution is 0.0954. The number of aromatic nitrogens is 1. The molecule has 0 aliphatic rings. The van der Waals surface area contributed by atoms with E-state index in [0.717, 1.165) is 18.0 Å². The minimum atomic E-state index is -0.107. The van der Waals surface area contributed by atoms with Gasteiger partial charge in [-0.2, -0.15) is 0 Å². The number of carbonyl (C=O) groups is 1. The van der Waals surface area contributed by atoms with Crippen LogP contribution in [-0.2, 0) is 6.42 Å². The maximum atomic E-state index is 12.1. The predicted octanol–water partition coefficient (Wildman–Crippen LogP) is 2.08. The van der Waals surface area contributed by atoms with Crippen molar-refractivity contribution < 1.29 is 9.21 Å². The minimum absolute atomic E-state index is 0.107. The molecule has 0 saturated heterocycles. The first-order valence-corrected chi connectivity index (χ1v) is 6.29. The van der Waals surface area contributed by atoms with Gasteiger partial charge in [-0.3, -0.25) is 9.78 Å². The molecule has 0 fully saturated rings. The van der Waals surface area contributed by atoms with Crippen molar-refractivity contribution in [3.63, 3.8) is 0 Å². The zero-order valence-corrected chi connectivity index (χ0v) is 10.8. The molecule has 0 spiro atoms. The normalized spacial score (nSPS) is 10.2. The van der Waals surface area contributed by atoms with Gasteiger partial charge in [0.05, 0.1) is 23.7 Å². The highest BCUT2D eigenvalue weighted by molar-refractivity contribution is 5.99. The predicted molar refractivity (Wildman–Crippen MR) is 73.1 cm³/mol. The first kappa shape index (κ1) is 13.1. The summed E-state index contributed by atoms with van der Waals surface area (Å²) in [7, 11) is 0. The van der Waals surface area contributed by atoms with Gasteiger partial charge in [0.15, 0.2) is 0 Å². The highest BCUT2D eigenvalue weighted by Gasteiger charge is 2.10. The van der Waals surface area contributed by atoms with E-state index >= 15 is 0 Å². The summed E-state index contributed by atoms with van der Waals surface area (Å²) >= 11 is 0. The van der Waals surface area contributed by atoms with Gasteiger partial charge in [0.2, 0.25) is 0 Å². The molecule has 2 aromatic rings. The van der Waals surface area contributed by atoms with Crippen molar-refractivity contribution in [1.29, 1.82) is 0 Å².